The Bertz CT molecular complexity index is 435. The summed E-state index contributed by atoms with van der Waals surface area (Å²) in [6, 6.07) is 0. The molecule has 0 heterocycles. The fourth-order valence-electron chi connectivity index (χ4n) is 7.73. The third-order valence-corrected chi connectivity index (χ3v) is 8.16. The van der Waals surface area contributed by atoms with Crippen molar-refractivity contribution in [3.8, 4) is 0 Å². The number of amides is 1. The van der Waals surface area contributed by atoms with E-state index in [-0.39, 0.29) is 0 Å². The molecule has 1 amide bonds. The van der Waals surface area contributed by atoms with E-state index < -0.39 is 0 Å². The number of carbonyl (C=O) groups excluding carboxylic acids is 1. The quantitative estimate of drug-likeness (QED) is 0.830. The summed E-state index contributed by atoms with van der Waals surface area (Å²) in [6.07, 6.45) is 15.2. The molecule has 2 heteroatoms. The number of nitrogens with one attached hydrogen (secondary N) is 1. The van der Waals surface area contributed by atoms with E-state index in [0.717, 1.165) is 48.5 Å². The molecule has 6 aliphatic rings. The van der Waals surface area contributed by atoms with Crippen molar-refractivity contribution in [3.63, 3.8) is 0 Å². The van der Waals surface area contributed by atoms with Crippen LogP contribution in [-0.2, 0) is 4.79 Å². The highest BCUT2D eigenvalue weighted by Crippen LogP contribution is 2.59. The zero-order valence-electron chi connectivity index (χ0n) is 13.9. The molecule has 3 atom stereocenters. The molecular formula is C20H31NO. The van der Waals surface area contributed by atoms with Crippen molar-refractivity contribution >= 4 is 5.91 Å². The van der Waals surface area contributed by atoms with Gasteiger partial charge in [-0.15, -0.1) is 0 Å². The fraction of sp³-hybridized carbons (Fsp3) is 0.950. The Morgan fingerprint density at radius 2 is 1.55 bits per heavy atom. The normalized spacial score (nSPS) is 51.5. The van der Waals surface area contributed by atoms with E-state index in [0.29, 0.717) is 11.3 Å². The Hall–Kier alpha value is -0.530. The van der Waals surface area contributed by atoms with Crippen molar-refractivity contribution < 1.29 is 4.79 Å². The molecule has 6 bridgehead atoms. The molecular weight excluding hydrogens is 270 g/mol. The molecule has 6 saturated carbocycles. The van der Waals surface area contributed by atoms with Crippen molar-refractivity contribution in [3.05, 3.63) is 0 Å². The minimum absolute atomic E-state index is 0.369. The Morgan fingerprint density at radius 1 is 0.864 bits per heavy atom. The van der Waals surface area contributed by atoms with Gasteiger partial charge in [-0.2, -0.15) is 0 Å². The Kier molecular flexibility index (Phi) is 3.14. The predicted molar refractivity (Wildman–Crippen MR) is 87.2 cm³/mol. The molecule has 0 aromatic heterocycles. The first kappa shape index (κ1) is 13.9. The van der Waals surface area contributed by atoms with E-state index in [2.05, 4.69) is 5.32 Å². The second-order valence-corrected chi connectivity index (χ2v) is 9.83. The zero-order chi connectivity index (χ0) is 14.7. The summed E-state index contributed by atoms with van der Waals surface area (Å²) in [5, 5.41) is 3.39. The highest BCUT2D eigenvalue weighted by molar-refractivity contribution is 5.76. The number of rotatable bonds is 4. The minimum Gasteiger partial charge on any atom is -0.356 e. The maximum atomic E-state index is 12.5. The average Bonchev–Trinajstić information content (AvgIpc) is 3.06. The van der Waals surface area contributed by atoms with Gasteiger partial charge in [0.2, 0.25) is 5.91 Å². The van der Waals surface area contributed by atoms with Crippen LogP contribution >= 0.6 is 0 Å². The topological polar surface area (TPSA) is 29.1 Å². The molecule has 0 aromatic rings. The number of carbonyl (C=O) groups is 1. The molecule has 122 valence electrons. The van der Waals surface area contributed by atoms with E-state index in [1.165, 1.54) is 64.2 Å². The monoisotopic (exact) mass is 301 g/mol. The number of hydrogen-bond donors (Lipinski definition) is 1. The van der Waals surface area contributed by atoms with Gasteiger partial charge in [0, 0.05) is 13.0 Å². The number of fused-ring (bicyclic) bond motifs is 2. The van der Waals surface area contributed by atoms with Crippen LogP contribution in [0.15, 0.2) is 0 Å². The van der Waals surface area contributed by atoms with Gasteiger partial charge in [-0.25, -0.2) is 0 Å². The standard InChI is InChI=1S/C20H31NO/c22-19(8-18-7-13-1-2-17(18)6-13)21-12-20-9-14-3-15(10-20)5-16(4-14)11-20/h13-18H,1-12H2,(H,21,22)/t13-,14?,15?,16?,17-,18-,20?/m1/s1. The first-order valence-corrected chi connectivity index (χ1v) is 9.94. The molecule has 0 aliphatic heterocycles. The van der Waals surface area contributed by atoms with Crippen LogP contribution in [0.5, 0.6) is 0 Å². The third-order valence-electron chi connectivity index (χ3n) is 8.16. The van der Waals surface area contributed by atoms with Crippen LogP contribution in [0.25, 0.3) is 0 Å². The fourth-order valence-corrected chi connectivity index (χ4v) is 7.73. The van der Waals surface area contributed by atoms with Gasteiger partial charge in [0.25, 0.3) is 0 Å². The summed E-state index contributed by atoms with van der Waals surface area (Å²) < 4.78 is 0. The summed E-state index contributed by atoms with van der Waals surface area (Å²) in [7, 11) is 0. The van der Waals surface area contributed by atoms with Gasteiger partial charge in [0.15, 0.2) is 0 Å². The smallest absolute Gasteiger partial charge is 0.220 e. The van der Waals surface area contributed by atoms with Crippen LogP contribution in [0.4, 0.5) is 0 Å². The summed E-state index contributed by atoms with van der Waals surface area (Å²) in [6.45, 7) is 0.996. The van der Waals surface area contributed by atoms with E-state index >= 15 is 0 Å². The maximum absolute atomic E-state index is 12.5. The van der Waals surface area contributed by atoms with Gasteiger partial charge in [-0.3, -0.25) is 4.79 Å². The van der Waals surface area contributed by atoms with Crippen molar-refractivity contribution in [2.75, 3.05) is 6.54 Å². The van der Waals surface area contributed by atoms with Gasteiger partial charge in [-0.05, 0) is 98.7 Å². The highest BCUT2D eigenvalue weighted by Gasteiger charge is 2.50. The predicted octanol–water partition coefficient (Wildman–Crippen LogP) is 4.15. The van der Waals surface area contributed by atoms with E-state index in [9.17, 15) is 4.79 Å². The van der Waals surface area contributed by atoms with Crippen LogP contribution in [0.1, 0.15) is 70.6 Å². The van der Waals surface area contributed by atoms with Crippen LogP contribution < -0.4 is 5.32 Å². The summed E-state index contributed by atoms with van der Waals surface area (Å²) in [5.74, 6) is 5.92. The molecule has 6 rings (SSSR count). The van der Waals surface area contributed by atoms with Crippen LogP contribution in [0.3, 0.4) is 0 Å². The lowest BCUT2D eigenvalue weighted by Crippen LogP contribution is -2.51. The lowest BCUT2D eigenvalue weighted by Gasteiger charge is -2.56. The van der Waals surface area contributed by atoms with Crippen LogP contribution in [0, 0.1) is 40.9 Å². The second kappa shape index (κ2) is 4.98. The molecule has 2 nitrogen and oxygen atoms in total. The average molecular weight is 301 g/mol. The summed E-state index contributed by atoms with van der Waals surface area (Å²) in [5.41, 5.74) is 0.499. The van der Waals surface area contributed by atoms with Gasteiger partial charge in [-0.1, -0.05) is 6.42 Å². The van der Waals surface area contributed by atoms with E-state index in [4.69, 9.17) is 0 Å². The lowest BCUT2D eigenvalue weighted by molar-refractivity contribution is -0.124. The van der Waals surface area contributed by atoms with Gasteiger partial charge < -0.3 is 5.32 Å². The summed E-state index contributed by atoms with van der Waals surface area (Å²) in [4.78, 5) is 12.5. The Labute approximate surface area is 134 Å². The zero-order valence-corrected chi connectivity index (χ0v) is 13.9. The van der Waals surface area contributed by atoms with Gasteiger partial charge in [0.05, 0.1) is 0 Å². The van der Waals surface area contributed by atoms with Gasteiger partial charge >= 0.3 is 0 Å². The molecule has 6 fully saturated rings. The molecule has 0 aromatic carbocycles. The first-order chi connectivity index (χ1) is 10.7. The molecule has 0 saturated heterocycles. The van der Waals surface area contributed by atoms with Crippen molar-refractivity contribution in [2.24, 2.45) is 40.9 Å². The maximum Gasteiger partial charge on any atom is 0.220 e. The second-order valence-electron chi connectivity index (χ2n) is 9.83. The van der Waals surface area contributed by atoms with Crippen molar-refractivity contribution in [1.82, 2.24) is 5.32 Å². The number of hydrogen-bond acceptors (Lipinski definition) is 1. The molecule has 0 unspecified atom stereocenters. The molecule has 1 N–H and O–H groups in total. The highest BCUT2D eigenvalue weighted by atomic mass is 16.1. The van der Waals surface area contributed by atoms with Gasteiger partial charge in [0.1, 0.15) is 0 Å². The van der Waals surface area contributed by atoms with E-state index in [1.54, 1.807) is 0 Å². The largest absolute Gasteiger partial charge is 0.356 e. The lowest BCUT2D eigenvalue weighted by atomic mass is 9.49. The van der Waals surface area contributed by atoms with Crippen molar-refractivity contribution in [1.29, 1.82) is 0 Å². The van der Waals surface area contributed by atoms with Crippen LogP contribution in [-0.4, -0.2) is 12.5 Å². The van der Waals surface area contributed by atoms with E-state index in [1.807, 2.05) is 0 Å². The molecule has 0 radical (unpaired) electrons. The molecule has 22 heavy (non-hydrogen) atoms. The molecule has 6 aliphatic carbocycles. The third kappa shape index (κ3) is 2.32. The van der Waals surface area contributed by atoms with Crippen molar-refractivity contribution in [2.45, 2.75) is 70.6 Å². The Balaban J connectivity index is 1.16. The summed E-state index contributed by atoms with van der Waals surface area (Å²) >= 11 is 0. The minimum atomic E-state index is 0.369. The first-order valence-electron chi connectivity index (χ1n) is 9.94. The molecule has 0 spiro atoms. The SMILES string of the molecule is O=C(C[C@H]1C[C@@H]2CC[C@@H]1C2)NCC12CC3CC(CC(C3)C1)C2. The van der Waals surface area contributed by atoms with Crippen LogP contribution in [0.2, 0.25) is 0 Å². The Morgan fingerprint density at radius 3 is 2.09 bits per heavy atom.